The van der Waals surface area contributed by atoms with Crippen LogP contribution in [0.3, 0.4) is 0 Å². The first-order chi connectivity index (χ1) is 11.7. The Morgan fingerprint density at radius 2 is 1.80 bits per heavy atom. The zero-order valence-corrected chi connectivity index (χ0v) is 12.9. The summed E-state index contributed by atoms with van der Waals surface area (Å²) in [5, 5.41) is 40.0. The van der Waals surface area contributed by atoms with Gasteiger partial charge in [0.1, 0.15) is 0 Å². The van der Waals surface area contributed by atoms with Crippen LogP contribution in [-0.2, 0) is 0 Å². The minimum Gasteiger partial charge on any atom is -0.423 e. The maximum atomic E-state index is 12.2. The van der Waals surface area contributed by atoms with Gasteiger partial charge in [-0.2, -0.15) is 0 Å². The minimum atomic E-state index is -2.07. The molecule has 0 aromatic heterocycles. The number of nitro benzene ring substituents is 2. The van der Waals surface area contributed by atoms with Gasteiger partial charge in [0, 0.05) is 18.2 Å². The van der Waals surface area contributed by atoms with Gasteiger partial charge >= 0.3 is 18.8 Å². The van der Waals surface area contributed by atoms with Gasteiger partial charge in [-0.1, -0.05) is 17.7 Å². The fraction of sp³-hybridized carbons (Fsp3) is 0. The first kappa shape index (κ1) is 18.3. The van der Waals surface area contributed by atoms with Gasteiger partial charge in [0.15, 0.2) is 0 Å². The van der Waals surface area contributed by atoms with Gasteiger partial charge in [-0.25, -0.2) is 4.79 Å². The molecule has 0 unspecified atom stereocenters. The Balaban J connectivity index is 2.46. The number of carbonyl (C=O) groups is 1. The lowest BCUT2D eigenvalue weighted by Gasteiger charge is -2.08. The van der Waals surface area contributed by atoms with Gasteiger partial charge in [-0.15, -0.1) is 0 Å². The van der Waals surface area contributed by atoms with Gasteiger partial charge in [-0.3, -0.25) is 20.2 Å². The van der Waals surface area contributed by atoms with E-state index >= 15 is 0 Å². The van der Waals surface area contributed by atoms with Crippen LogP contribution in [0.15, 0.2) is 36.4 Å². The topological polar surface area (TPSA) is 153 Å². The van der Waals surface area contributed by atoms with Crippen LogP contribution in [0.25, 0.3) is 0 Å². The molecule has 0 spiro atoms. The molecule has 2 rings (SSSR count). The molecule has 0 aliphatic rings. The lowest BCUT2D eigenvalue weighted by Crippen LogP contribution is -2.31. The molecule has 0 aliphatic carbocycles. The highest BCUT2D eigenvalue weighted by molar-refractivity contribution is 6.58. The Hall–Kier alpha value is -3.02. The van der Waals surface area contributed by atoms with E-state index in [-0.39, 0.29) is 10.5 Å². The fourth-order valence-corrected chi connectivity index (χ4v) is 2.11. The number of hydrogen-bond acceptors (Lipinski definition) is 8. The second kappa shape index (κ2) is 7.26. The van der Waals surface area contributed by atoms with E-state index in [2.05, 4.69) is 0 Å². The molecule has 0 saturated heterocycles. The molecule has 25 heavy (non-hydrogen) atoms. The van der Waals surface area contributed by atoms with Crippen molar-refractivity contribution in [1.29, 1.82) is 0 Å². The molecule has 0 atom stereocenters. The maximum absolute atomic E-state index is 12.2. The normalized spacial score (nSPS) is 10.2. The van der Waals surface area contributed by atoms with E-state index in [4.69, 9.17) is 26.4 Å². The predicted octanol–water partition coefficient (Wildman–Crippen LogP) is 1.06. The van der Waals surface area contributed by atoms with Crippen molar-refractivity contribution in [3.8, 4) is 5.75 Å². The quantitative estimate of drug-likeness (QED) is 0.262. The van der Waals surface area contributed by atoms with Crippen LogP contribution in [0.5, 0.6) is 5.75 Å². The molecule has 2 N–H and O–H groups in total. The van der Waals surface area contributed by atoms with E-state index in [9.17, 15) is 25.0 Å². The molecule has 2 aromatic rings. The number of carbonyl (C=O) groups excluding carboxylic acids is 1. The van der Waals surface area contributed by atoms with Crippen molar-refractivity contribution in [1.82, 2.24) is 0 Å². The molecule has 0 radical (unpaired) electrons. The van der Waals surface area contributed by atoms with E-state index in [1.807, 2.05) is 0 Å². The third kappa shape index (κ3) is 4.09. The SMILES string of the molecule is O=C(Oc1c(Cl)cccc1[N+](=O)[O-])c1cc(B(O)O)cc([N+](=O)[O-])c1. The molecule has 0 heterocycles. The summed E-state index contributed by atoms with van der Waals surface area (Å²) in [5.74, 6) is -1.72. The van der Waals surface area contributed by atoms with Gasteiger partial charge in [-0.05, 0) is 17.6 Å². The zero-order valence-electron chi connectivity index (χ0n) is 12.2. The Morgan fingerprint density at radius 3 is 2.36 bits per heavy atom. The fourth-order valence-electron chi connectivity index (χ4n) is 1.90. The summed E-state index contributed by atoms with van der Waals surface area (Å²) >= 11 is 5.80. The van der Waals surface area contributed by atoms with Crippen LogP contribution in [0.1, 0.15) is 10.4 Å². The Morgan fingerprint density at radius 1 is 1.12 bits per heavy atom. The van der Waals surface area contributed by atoms with Crippen LogP contribution in [0, 0.1) is 20.2 Å². The molecule has 0 saturated carbocycles. The standard InChI is InChI=1S/C13H8BClN2O8/c15-10-2-1-3-11(17(23)24)12(10)25-13(18)7-4-8(14(19)20)6-9(5-7)16(21)22/h1-6,19-20H. The number of benzene rings is 2. The highest BCUT2D eigenvalue weighted by Crippen LogP contribution is 2.35. The molecule has 0 amide bonds. The first-order valence-corrected chi connectivity index (χ1v) is 6.89. The summed E-state index contributed by atoms with van der Waals surface area (Å²) in [6.45, 7) is 0. The molecular formula is C13H8BClN2O8. The summed E-state index contributed by atoms with van der Waals surface area (Å²) in [4.78, 5) is 32.4. The van der Waals surface area contributed by atoms with Crippen molar-refractivity contribution in [2.24, 2.45) is 0 Å². The molecule has 2 aromatic carbocycles. The smallest absolute Gasteiger partial charge is 0.423 e. The molecule has 0 bridgehead atoms. The van der Waals surface area contributed by atoms with Crippen LogP contribution >= 0.6 is 11.6 Å². The van der Waals surface area contributed by atoms with Crippen molar-refractivity contribution in [2.45, 2.75) is 0 Å². The summed E-state index contributed by atoms with van der Waals surface area (Å²) in [7, 11) is -2.07. The number of esters is 1. The first-order valence-electron chi connectivity index (χ1n) is 6.51. The third-order valence-electron chi connectivity index (χ3n) is 3.02. The van der Waals surface area contributed by atoms with Crippen LogP contribution in [0.4, 0.5) is 11.4 Å². The summed E-state index contributed by atoms with van der Waals surface area (Å²) in [6, 6.07) is 6.24. The van der Waals surface area contributed by atoms with E-state index < -0.39 is 45.6 Å². The second-order valence-electron chi connectivity index (χ2n) is 4.68. The van der Waals surface area contributed by atoms with Gasteiger partial charge < -0.3 is 14.8 Å². The van der Waals surface area contributed by atoms with Crippen molar-refractivity contribution in [2.75, 3.05) is 0 Å². The number of non-ortho nitro benzene ring substituents is 1. The number of para-hydroxylation sites is 1. The summed E-state index contributed by atoms with van der Waals surface area (Å²) in [6.07, 6.45) is 0. The average Bonchev–Trinajstić information content (AvgIpc) is 2.55. The second-order valence-corrected chi connectivity index (χ2v) is 5.09. The molecule has 128 valence electrons. The monoisotopic (exact) mass is 366 g/mol. The molecule has 12 heteroatoms. The van der Waals surface area contributed by atoms with Crippen LogP contribution < -0.4 is 10.2 Å². The van der Waals surface area contributed by atoms with Crippen molar-refractivity contribution < 1.29 is 29.4 Å². The van der Waals surface area contributed by atoms with Crippen LogP contribution in [-0.4, -0.2) is 33.0 Å². The Bertz CT molecular complexity index is 873. The van der Waals surface area contributed by atoms with E-state index in [1.165, 1.54) is 12.1 Å². The predicted molar refractivity (Wildman–Crippen MR) is 86.0 cm³/mol. The number of ether oxygens (including phenoxy) is 1. The lowest BCUT2D eigenvalue weighted by atomic mass is 9.79. The molecule has 10 nitrogen and oxygen atoms in total. The van der Waals surface area contributed by atoms with E-state index in [0.29, 0.717) is 0 Å². The van der Waals surface area contributed by atoms with Gasteiger partial charge in [0.25, 0.3) is 5.69 Å². The molecular weight excluding hydrogens is 358 g/mol. The number of nitro groups is 2. The Labute approximate surface area is 144 Å². The zero-order chi connectivity index (χ0) is 18.7. The highest BCUT2D eigenvalue weighted by atomic mass is 35.5. The van der Waals surface area contributed by atoms with Gasteiger partial charge in [0.2, 0.25) is 5.75 Å². The van der Waals surface area contributed by atoms with Crippen LogP contribution in [0.2, 0.25) is 5.02 Å². The molecule has 0 fully saturated rings. The number of hydrogen-bond donors (Lipinski definition) is 2. The lowest BCUT2D eigenvalue weighted by molar-refractivity contribution is -0.385. The number of rotatable bonds is 5. The molecule has 0 aliphatic heterocycles. The minimum absolute atomic E-state index is 0.213. The largest absolute Gasteiger partial charge is 0.488 e. The highest BCUT2D eigenvalue weighted by Gasteiger charge is 2.25. The average molecular weight is 366 g/mol. The Kier molecular flexibility index (Phi) is 5.32. The van der Waals surface area contributed by atoms with Crippen molar-refractivity contribution in [3.05, 3.63) is 67.2 Å². The number of nitrogens with zero attached hydrogens (tertiary/aromatic N) is 2. The summed E-state index contributed by atoms with van der Waals surface area (Å²) in [5.41, 5.74) is -1.90. The third-order valence-corrected chi connectivity index (χ3v) is 3.32. The van der Waals surface area contributed by atoms with E-state index in [1.54, 1.807) is 0 Å². The van der Waals surface area contributed by atoms with Crippen molar-refractivity contribution in [3.63, 3.8) is 0 Å². The van der Waals surface area contributed by atoms with Gasteiger partial charge in [0.05, 0.1) is 20.4 Å². The van der Waals surface area contributed by atoms with E-state index in [0.717, 1.165) is 24.3 Å². The summed E-state index contributed by atoms with van der Waals surface area (Å²) < 4.78 is 4.89. The number of halogens is 1. The maximum Gasteiger partial charge on any atom is 0.488 e. The van der Waals surface area contributed by atoms with Crippen molar-refractivity contribution >= 4 is 41.5 Å².